The molecule has 1 unspecified atom stereocenters. The van der Waals surface area contributed by atoms with Crippen LogP contribution in [0.2, 0.25) is 0 Å². The van der Waals surface area contributed by atoms with Crippen molar-refractivity contribution < 1.29 is 14.7 Å². The minimum absolute atomic E-state index is 0.188. The molecule has 1 saturated heterocycles. The number of piperidine rings is 1. The van der Waals surface area contributed by atoms with Crippen LogP contribution in [0, 0.1) is 0 Å². The molecule has 1 heterocycles. The van der Waals surface area contributed by atoms with Crippen molar-refractivity contribution in [2.75, 3.05) is 13.1 Å². The Kier molecular flexibility index (Phi) is 2.82. The van der Waals surface area contributed by atoms with Gasteiger partial charge in [-0.1, -0.05) is 0 Å². The van der Waals surface area contributed by atoms with Gasteiger partial charge >= 0.3 is 6.09 Å². The van der Waals surface area contributed by atoms with E-state index in [9.17, 15) is 9.59 Å². The van der Waals surface area contributed by atoms with Crippen molar-refractivity contribution in [3.05, 3.63) is 0 Å². The maximum absolute atomic E-state index is 10.5. The van der Waals surface area contributed by atoms with Gasteiger partial charge in [0.15, 0.2) is 0 Å². The molecule has 5 heteroatoms. The van der Waals surface area contributed by atoms with Crippen LogP contribution in [0.1, 0.15) is 12.8 Å². The number of hydrogen-bond acceptors (Lipinski definition) is 3. The quantitative estimate of drug-likeness (QED) is 0.459. The van der Waals surface area contributed by atoms with Crippen LogP contribution in [-0.2, 0) is 4.79 Å². The molecule has 1 N–H and O–H groups in total. The minimum Gasteiger partial charge on any atom is -0.465 e. The SMILES string of the molecule is O=C=NC1CCCN(C(=O)O)C1. The van der Waals surface area contributed by atoms with E-state index in [1.807, 2.05) is 0 Å². The second-order valence-electron chi connectivity index (χ2n) is 2.75. The van der Waals surface area contributed by atoms with E-state index in [-0.39, 0.29) is 6.04 Å². The summed E-state index contributed by atoms with van der Waals surface area (Å²) in [7, 11) is 0. The third-order valence-corrected chi connectivity index (χ3v) is 1.90. The number of amides is 1. The number of aliphatic imine (C=N–C) groups is 1. The molecule has 0 bridgehead atoms. The van der Waals surface area contributed by atoms with Crippen LogP contribution in [0.5, 0.6) is 0 Å². The van der Waals surface area contributed by atoms with Gasteiger partial charge in [0, 0.05) is 13.1 Å². The Morgan fingerprint density at radius 1 is 1.67 bits per heavy atom. The van der Waals surface area contributed by atoms with Crippen LogP contribution < -0.4 is 0 Å². The Morgan fingerprint density at radius 3 is 3.00 bits per heavy atom. The maximum Gasteiger partial charge on any atom is 0.407 e. The molecule has 1 aliphatic rings. The van der Waals surface area contributed by atoms with Crippen LogP contribution in [0.25, 0.3) is 0 Å². The van der Waals surface area contributed by atoms with Crippen LogP contribution in [-0.4, -0.2) is 41.3 Å². The molecular formula is C7H10N2O3. The average molecular weight is 170 g/mol. The van der Waals surface area contributed by atoms with Crippen molar-refractivity contribution >= 4 is 12.2 Å². The second-order valence-corrected chi connectivity index (χ2v) is 2.75. The van der Waals surface area contributed by atoms with Gasteiger partial charge in [0.25, 0.3) is 0 Å². The van der Waals surface area contributed by atoms with E-state index >= 15 is 0 Å². The molecule has 1 aliphatic heterocycles. The van der Waals surface area contributed by atoms with Crippen molar-refractivity contribution in [1.82, 2.24) is 4.90 Å². The molecule has 1 amide bonds. The molecule has 0 radical (unpaired) electrons. The summed E-state index contributed by atoms with van der Waals surface area (Å²) in [5.41, 5.74) is 0. The monoisotopic (exact) mass is 170 g/mol. The molecule has 1 atom stereocenters. The number of nitrogens with zero attached hydrogens (tertiary/aromatic N) is 2. The Hall–Kier alpha value is -1.35. The fourth-order valence-corrected chi connectivity index (χ4v) is 1.31. The first kappa shape index (κ1) is 8.74. The highest BCUT2D eigenvalue weighted by Gasteiger charge is 2.22. The second kappa shape index (κ2) is 3.88. The number of carboxylic acid groups (broad SMARTS) is 1. The molecule has 1 fully saturated rings. The summed E-state index contributed by atoms with van der Waals surface area (Å²) in [5, 5.41) is 8.61. The predicted molar refractivity (Wildman–Crippen MR) is 40.7 cm³/mol. The summed E-state index contributed by atoms with van der Waals surface area (Å²) in [6, 6.07) is -0.188. The van der Waals surface area contributed by atoms with Crippen LogP contribution >= 0.6 is 0 Å². The number of rotatable bonds is 1. The normalized spacial score (nSPS) is 23.0. The van der Waals surface area contributed by atoms with Gasteiger partial charge in [-0.25, -0.2) is 14.6 Å². The molecule has 0 spiro atoms. The van der Waals surface area contributed by atoms with Gasteiger partial charge in [0.2, 0.25) is 6.08 Å². The van der Waals surface area contributed by atoms with E-state index in [4.69, 9.17) is 5.11 Å². The van der Waals surface area contributed by atoms with E-state index in [2.05, 4.69) is 4.99 Å². The molecule has 0 aromatic rings. The lowest BCUT2D eigenvalue weighted by Crippen LogP contribution is -2.40. The van der Waals surface area contributed by atoms with E-state index in [0.29, 0.717) is 13.1 Å². The number of hydrogen-bond donors (Lipinski definition) is 1. The fourth-order valence-electron chi connectivity index (χ4n) is 1.31. The Bertz CT molecular complexity index is 215. The van der Waals surface area contributed by atoms with Gasteiger partial charge in [-0.05, 0) is 12.8 Å². The van der Waals surface area contributed by atoms with Crippen LogP contribution in [0.4, 0.5) is 4.79 Å². The highest BCUT2D eigenvalue weighted by molar-refractivity contribution is 5.65. The summed E-state index contributed by atoms with van der Waals surface area (Å²) in [6.07, 6.45) is 2.05. The maximum atomic E-state index is 10.5. The summed E-state index contributed by atoms with van der Waals surface area (Å²) in [5.74, 6) is 0. The first-order valence-corrected chi connectivity index (χ1v) is 3.79. The highest BCUT2D eigenvalue weighted by atomic mass is 16.4. The van der Waals surface area contributed by atoms with Gasteiger partial charge in [0.1, 0.15) is 0 Å². The highest BCUT2D eigenvalue weighted by Crippen LogP contribution is 2.12. The average Bonchev–Trinajstić information content (AvgIpc) is 2.05. The van der Waals surface area contributed by atoms with E-state index < -0.39 is 6.09 Å². The van der Waals surface area contributed by atoms with Crippen LogP contribution in [0.3, 0.4) is 0 Å². The number of isocyanates is 1. The van der Waals surface area contributed by atoms with E-state index in [0.717, 1.165) is 12.8 Å². The van der Waals surface area contributed by atoms with Crippen molar-refractivity contribution in [1.29, 1.82) is 0 Å². The molecule has 0 saturated carbocycles. The summed E-state index contributed by atoms with van der Waals surface area (Å²) < 4.78 is 0. The zero-order chi connectivity index (χ0) is 8.97. The lowest BCUT2D eigenvalue weighted by molar-refractivity contribution is 0.131. The molecule has 5 nitrogen and oxygen atoms in total. The minimum atomic E-state index is -0.944. The fraction of sp³-hybridized carbons (Fsp3) is 0.714. The van der Waals surface area contributed by atoms with Gasteiger partial charge in [-0.3, -0.25) is 0 Å². The Morgan fingerprint density at radius 2 is 2.42 bits per heavy atom. The molecule has 0 aliphatic carbocycles. The molecule has 1 rings (SSSR count). The topological polar surface area (TPSA) is 70.0 Å². The standard InChI is InChI=1S/C7H10N2O3/c10-5-8-6-2-1-3-9(4-6)7(11)12/h6H,1-4H2,(H,11,12). The van der Waals surface area contributed by atoms with E-state index in [1.165, 1.54) is 11.0 Å². The van der Waals surface area contributed by atoms with Crippen molar-refractivity contribution in [2.45, 2.75) is 18.9 Å². The van der Waals surface area contributed by atoms with Crippen molar-refractivity contribution in [3.8, 4) is 0 Å². The first-order valence-electron chi connectivity index (χ1n) is 3.79. The van der Waals surface area contributed by atoms with Crippen molar-refractivity contribution in [2.24, 2.45) is 4.99 Å². The predicted octanol–water partition coefficient (Wildman–Crippen LogP) is 0.465. The Labute approximate surface area is 69.7 Å². The molecule has 0 aromatic carbocycles. The Balaban J connectivity index is 2.51. The lowest BCUT2D eigenvalue weighted by Gasteiger charge is -2.27. The van der Waals surface area contributed by atoms with Crippen molar-refractivity contribution in [3.63, 3.8) is 0 Å². The molecular weight excluding hydrogens is 160 g/mol. The summed E-state index contributed by atoms with van der Waals surface area (Å²) in [4.78, 5) is 25.2. The molecule has 66 valence electrons. The van der Waals surface area contributed by atoms with Gasteiger partial charge in [-0.15, -0.1) is 0 Å². The zero-order valence-corrected chi connectivity index (χ0v) is 6.56. The summed E-state index contributed by atoms with van der Waals surface area (Å²) in [6.45, 7) is 0.866. The van der Waals surface area contributed by atoms with Gasteiger partial charge in [-0.2, -0.15) is 0 Å². The summed E-state index contributed by atoms with van der Waals surface area (Å²) >= 11 is 0. The van der Waals surface area contributed by atoms with Gasteiger partial charge < -0.3 is 10.0 Å². The van der Waals surface area contributed by atoms with Gasteiger partial charge in [0.05, 0.1) is 6.04 Å². The molecule has 0 aromatic heterocycles. The van der Waals surface area contributed by atoms with E-state index in [1.54, 1.807) is 0 Å². The number of likely N-dealkylation sites (tertiary alicyclic amines) is 1. The lowest BCUT2D eigenvalue weighted by atomic mass is 10.1. The molecule has 12 heavy (non-hydrogen) atoms. The first-order chi connectivity index (χ1) is 5.74. The third kappa shape index (κ3) is 2.07. The smallest absolute Gasteiger partial charge is 0.407 e. The number of carbonyl (C=O) groups is 1. The number of carbonyl (C=O) groups excluding carboxylic acids is 1. The van der Waals surface area contributed by atoms with Crippen LogP contribution in [0.15, 0.2) is 4.99 Å². The zero-order valence-electron chi connectivity index (χ0n) is 6.56. The largest absolute Gasteiger partial charge is 0.465 e. The third-order valence-electron chi connectivity index (χ3n) is 1.90.